The largest absolute Gasteiger partial charge is 0.481 e. The molecule has 34 heavy (non-hydrogen) atoms. The van der Waals surface area contributed by atoms with Crippen LogP contribution in [0.25, 0.3) is 10.9 Å². The van der Waals surface area contributed by atoms with Gasteiger partial charge in [0.25, 0.3) is 10.1 Å². The molecule has 0 radical (unpaired) electrons. The minimum Gasteiger partial charge on any atom is -0.481 e. The number of para-hydroxylation sites is 1. The summed E-state index contributed by atoms with van der Waals surface area (Å²) >= 11 is 0. The number of carboxylic acids is 1. The van der Waals surface area contributed by atoms with Gasteiger partial charge in [-0.3, -0.25) is 9.35 Å². The Morgan fingerprint density at radius 2 is 1.74 bits per heavy atom. The molecular formula is C22H25FN2O7S2. The molecule has 1 atom stereocenters. The summed E-state index contributed by atoms with van der Waals surface area (Å²) in [7, 11) is -7.41. The minimum absolute atomic E-state index is 0.0335. The van der Waals surface area contributed by atoms with Gasteiger partial charge < -0.3 is 9.67 Å². The van der Waals surface area contributed by atoms with Crippen LogP contribution in [0.3, 0.4) is 0 Å². The first-order valence-corrected chi connectivity index (χ1v) is 13.7. The number of nitrogens with zero attached hydrogens (tertiary/aromatic N) is 1. The summed E-state index contributed by atoms with van der Waals surface area (Å²) in [5.41, 5.74) is 3.11. The molecule has 184 valence electrons. The molecule has 1 aliphatic rings. The van der Waals surface area contributed by atoms with E-state index in [1.807, 2.05) is 28.8 Å². The number of nitrogens with one attached hydrogen (secondary N) is 1. The van der Waals surface area contributed by atoms with Gasteiger partial charge in [0.05, 0.1) is 17.6 Å². The third-order valence-electron chi connectivity index (χ3n) is 5.37. The van der Waals surface area contributed by atoms with Crippen LogP contribution in [-0.4, -0.2) is 49.3 Å². The lowest BCUT2D eigenvalue weighted by Gasteiger charge is -2.25. The van der Waals surface area contributed by atoms with Crippen LogP contribution in [0, 0.1) is 5.82 Å². The Bertz CT molecular complexity index is 1390. The van der Waals surface area contributed by atoms with Crippen molar-refractivity contribution in [1.82, 2.24) is 9.29 Å². The van der Waals surface area contributed by atoms with Gasteiger partial charge in [-0.25, -0.2) is 17.5 Å². The Hall–Kier alpha value is -2.80. The highest BCUT2D eigenvalue weighted by Crippen LogP contribution is 2.33. The average Bonchev–Trinajstić information content (AvgIpc) is 3.04. The van der Waals surface area contributed by atoms with Gasteiger partial charge in [0.15, 0.2) is 0 Å². The van der Waals surface area contributed by atoms with E-state index >= 15 is 0 Å². The lowest BCUT2D eigenvalue weighted by Crippen LogP contribution is -2.39. The molecule has 1 heterocycles. The number of benzene rings is 2. The molecule has 0 saturated heterocycles. The van der Waals surface area contributed by atoms with Crippen LogP contribution in [0.1, 0.15) is 24.1 Å². The zero-order valence-electron chi connectivity index (χ0n) is 18.3. The normalized spacial score (nSPS) is 15.9. The number of hydrogen-bond acceptors (Lipinski definition) is 5. The van der Waals surface area contributed by atoms with Gasteiger partial charge in [-0.2, -0.15) is 8.42 Å². The lowest BCUT2D eigenvalue weighted by molar-refractivity contribution is -0.137. The van der Waals surface area contributed by atoms with E-state index in [-0.39, 0.29) is 17.4 Å². The maximum atomic E-state index is 13.1. The van der Waals surface area contributed by atoms with Crippen molar-refractivity contribution in [3.63, 3.8) is 0 Å². The number of halogens is 1. The van der Waals surface area contributed by atoms with E-state index in [0.717, 1.165) is 34.3 Å². The zero-order valence-corrected chi connectivity index (χ0v) is 19.9. The number of aromatic nitrogens is 1. The highest BCUT2D eigenvalue weighted by atomic mass is 32.2. The third kappa shape index (κ3) is 6.63. The summed E-state index contributed by atoms with van der Waals surface area (Å²) in [6.07, 6.45) is 2.53. The number of carbonyl (C=O) groups is 1. The second kappa shape index (κ2) is 10.2. The standard InChI is InChI=1S/C21H21FN2O4S.CH4O3S/c22-14-5-8-16(9-6-14)29(27,28)23-15-7-10-20-18(13-15)17-3-1-2-4-19(17)24(20)12-11-21(25)26;1-5(2,3)4/h1-6,8-9,15,23H,7,10-13H2,(H,25,26);1H3,(H,2,3,4)/t15-;/m1./s1. The van der Waals surface area contributed by atoms with Gasteiger partial charge >= 0.3 is 5.97 Å². The number of rotatable bonds is 6. The third-order valence-corrected chi connectivity index (χ3v) is 6.91. The van der Waals surface area contributed by atoms with Crippen molar-refractivity contribution in [2.45, 2.75) is 43.2 Å². The summed E-state index contributed by atoms with van der Waals surface area (Å²) in [5, 5.41) is 10.1. The second-order valence-corrected chi connectivity index (χ2v) is 11.2. The minimum atomic E-state index is -3.75. The quantitative estimate of drug-likeness (QED) is 0.431. The molecule has 0 amide bonds. The Morgan fingerprint density at radius 1 is 1.12 bits per heavy atom. The van der Waals surface area contributed by atoms with E-state index in [1.165, 1.54) is 12.1 Å². The first-order chi connectivity index (χ1) is 15.8. The van der Waals surface area contributed by atoms with Crippen molar-refractivity contribution in [3.05, 3.63) is 65.6 Å². The molecular weight excluding hydrogens is 487 g/mol. The molecule has 4 rings (SSSR count). The number of hydrogen-bond donors (Lipinski definition) is 3. The van der Waals surface area contributed by atoms with Crippen molar-refractivity contribution in [2.24, 2.45) is 0 Å². The number of fused-ring (bicyclic) bond motifs is 3. The molecule has 0 saturated carbocycles. The molecule has 9 nitrogen and oxygen atoms in total. The van der Waals surface area contributed by atoms with Crippen molar-refractivity contribution in [1.29, 1.82) is 0 Å². The Labute approximate surface area is 197 Å². The van der Waals surface area contributed by atoms with Gasteiger partial charge in [-0.1, -0.05) is 18.2 Å². The molecule has 3 N–H and O–H groups in total. The lowest BCUT2D eigenvalue weighted by atomic mass is 9.92. The van der Waals surface area contributed by atoms with Gasteiger partial charge in [-0.15, -0.1) is 0 Å². The fraction of sp³-hybridized carbons (Fsp3) is 0.318. The van der Waals surface area contributed by atoms with Crippen LogP contribution in [0.5, 0.6) is 0 Å². The first kappa shape index (κ1) is 25.8. The summed E-state index contributed by atoms with van der Waals surface area (Å²) in [4.78, 5) is 11.1. The summed E-state index contributed by atoms with van der Waals surface area (Å²) in [6, 6.07) is 12.3. The highest BCUT2D eigenvalue weighted by Gasteiger charge is 2.28. The Balaban J connectivity index is 0.000000588. The van der Waals surface area contributed by atoms with Gasteiger partial charge in [-0.05, 0) is 55.2 Å². The van der Waals surface area contributed by atoms with E-state index in [2.05, 4.69) is 4.72 Å². The van der Waals surface area contributed by atoms with Crippen molar-refractivity contribution in [2.75, 3.05) is 6.26 Å². The van der Waals surface area contributed by atoms with Crippen LogP contribution in [0.15, 0.2) is 53.4 Å². The number of sulfonamides is 1. The van der Waals surface area contributed by atoms with Crippen LogP contribution < -0.4 is 4.72 Å². The molecule has 1 aromatic heterocycles. The fourth-order valence-corrected chi connectivity index (χ4v) is 5.34. The fourth-order valence-electron chi connectivity index (χ4n) is 4.07. The predicted molar refractivity (Wildman–Crippen MR) is 124 cm³/mol. The molecule has 0 unspecified atom stereocenters. The number of aliphatic carboxylic acids is 1. The molecule has 0 aliphatic heterocycles. The summed E-state index contributed by atoms with van der Waals surface area (Å²) < 4.78 is 69.1. The second-order valence-electron chi connectivity index (χ2n) is 7.99. The van der Waals surface area contributed by atoms with Crippen molar-refractivity contribution >= 4 is 37.0 Å². The van der Waals surface area contributed by atoms with E-state index < -0.39 is 31.9 Å². The molecule has 0 spiro atoms. The average molecular weight is 513 g/mol. The van der Waals surface area contributed by atoms with E-state index in [4.69, 9.17) is 9.66 Å². The van der Waals surface area contributed by atoms with E-state index in [0.29, 0.717) is 32.1 Å². The predicted octanol–water partition coefficient (Wildman–Crippen LogP) is 2.59. The van der Waals surface area contributed by atoms with Crippen LogP contribution in [0.2, 0.25) is 0 Å². The molecule has 0 fully saturated rings. The van der Waals surface area contributed by atoms with Gasteiger partial charge in [0.2, 0.25) is 10.0 Å². The monoisotopic (exact) mass is 512 g/mol. The molecule has 3 aromatic rings. The maximum Gasteiger partial charge on any atom is 0.305 e. The van der Waals surface area contributed by atoms with Crippen LogP contribution in [0.4, 0.5) is 4.39 Å². The molecule has 0 bridgehead atoms. The molecule has 2 aromatic carbocycles. The summed E-state index contributed by atoms with van der Waals surface area (Å²) in [5.74, 6) is -1.34. The highest BCUT2D eigenvalue weighted by molar-refractivity contribution is 7.89. The maximum absolute atomic E-state index is 13.1. The molecule has 12 heteroatoms. The Morgan fingerprint density at radius 3 is 2.35 bits per heavy atom. The van der Waals surface area contributed by atoms with Crippen molar-refractivity contribution < 1.29 is 35.7 Å². The summed E-state index contributed by atoms with van der Waals surface area (Å²) in [6.45, 7) is 0.386. The van der Waals surface area contributed by atoms with Crippen molar-refractivity contribution in [3.8, 4) is 0 Å². The van der Waals surface area contributed by atoms with Crippen LogP contribution >= 0.6 is 0 Å². The Kier molecular flexibility index (Phi) is 7.76. The molecule has 1 aliphatic carbocycles. The smallest absolute Gasteiger partial charge is 0.305 e. The number of carboxylic acid groups (broad SMARTS) is 1. The van der Waals surface area contributed by atoms with Crippen LogP contribution in [-0.2, 0) is 44.3 Å². The SMILES string of the molecule is CS(=O)(=O)O.O=C(O)CCn1c2c(c3ccccc31)C[C@H](NS(=O)(=O)c1ccc(F)cc1)CC2. The van der Waals surface area contributed by atoms with Gasteiger partial charge in [0.1, 0.15) is 5.82 Å². The first-order valence-electron chi connectivity index (χ1n) is 10.4. The topological polar surface area (TPSA) is 143 Å². The number of aryl methyl sites for hydroxylation is 1. The van der Waals surface area contributed by atoms with E-state index in [1.54, 1.807) is 0 Å². The van der Waals surface area contributed by atoms with E-state index in [9.17, 15) is 26.0 Å². The van der Waals surface area contributed by atoms with Gasteiger partial charge in [0, 0.05) is 29.2 Å². The zero-order chi connectivity index (χ0) is 25.1.